The van der Waals surface area contributed by atoms with Crippen molar-refractivity contribution < 1.29 is 29.0 Å². The van der Waals surface area contributed by atoms with E-state index in [-0.39, 0.29) is 17.7 Å². The van der Waals surface area contributed by atoms with Crippen molar-refractivity contribution in [3.63, 3.8) is 0 Å². The van der Waals surface area contributed by atoms with E-state index >= 15 is 0 Å². The standard InChI is InChI=1S/C14H13BrN2O6/c1-23-10(14(21)22)5-16-11(18)6-17-12(19)8-3-2-7(15)4-9(8)13(17)20/h2-4,10H,5-6H2,1H3,(H,16,18)(H,21,22). The Kier molecular flexibility index (Phi) is 5.12. The van der Waals surface area contributed by atoms with Crippen LogP contribution in [0.4, 0.5) is 0 Å². The lowest BCUT2D eigenvalue weighted by Gasteiger charge is -2.15. The number of ether oxygens (including phenoxy) is 1. The van der Waals surface area contributed by atoms with Crippen LogP contribution in [0, 0.1) is 0 Å². The highest BCUT2D eigenvalue weighted by Gasteiger charge is 2.36. The number of halogens is 1. The van der Waals surface area contributed by atoms with E-state index in [0.29, 0.717) is 4.47 Å². The van der Waals surface area contributed by atoms with E-state index in [9.17, 15) is 19.2 Å². The molecule has 8 nitrogen and oxygen atoms in total. The summed E-state index contributed by atoms with van der Waals surface area (Å²) in [4.78, 5) is 47.8. The minimum atomic E-state index is -1.22. The quantitative estimate of drug-likeness (QED) is 0.680. The summed E-state index contributed by atoms with van der Waals surface area (Å²) in [6.45, 7) is -0.751. The third-order valence-electron chi connectivity index (χ3n) is 3.28. The third kappa shape index (κ3) is 3.57. The third-order valence-corrected chi connectivity index (χ3v) is 3.77. The number of aliphatic carboxylic acids is 1. The summed E-state index contributed by atoms with van der Waals surface area (Å²) in [6.07, 6.45) is -1.20. The SMILES string of the molecule is COC(CNC(=O)CN1C(=O)c2ccc(Br)cc2C1=O)C(=O)O. The van der Waals surface area contributed by atoms with E-state index in [2.05, 4.69) is 26.0 Å². The van der Waals surface area contributed by atoms with Crippen LogP contribution in [0.1, 0.15) is 20.7 Å². The van der Waals surface area contributed by atoms with Crippen molar-refractivity contribution >= 4 is 39.6 Å². The fourth-order valence-corrected chi connectivity index (χ4v) is 2.45. The Balaban J connectivity index is 2.01. The molecule has 0 radical (unpaired) electrons. The van der Waals surface area contributed by atoms with Crippen LogP contribution in [0.25, 0.3) is 0 Å². The smallest absolute Gasteiger partial charge is 0.334 e. The lowest BCUT2D eigenvalue weighted by Crippen LogP contribution is -2.44. The second kappa shape index (κ2) is 6.88. The monoisotopic (exact) mass is 384 g/mol. The lowest BCUT2D eigenvalue weighted by molar-refractivity contribution is -0.148. The number of rotatable bonds is 6. The number of fused-ring (bicyclic) bond motifs is 1. The van der Waals surface area contributed by atoms with Gasteiger partial charge >= 0.3 is 5.97 Å². The van der Waals surface area contributed by atoms with Crippen molar-refractivity contribution in [2.75, 3.05) is 20.2 Å². The zero-order valence-electron chi connectivity index (χ0n) is 12.0. The Morgan fingerprint density at radius 2 is 1.96 bits per heavy atom. The molecule has 3 amide bonds. The molecule has 1 aromatic carbocycles. The predicted octanol–water partition coefficient (Wildman–Crippen LogP) is 0.261. The molecule has 1 aliphatic rings. The van der Waals surface area contributed by atoms with E-state index in [0.717, 1.165) is 4.90 Å². The molecular weight excluding hydrogens is 372 g/mol. The molecule has 23 heavy (non-hydrogen) atoms. The molecule has 1 aromatic rings. The van der Waals surface area contributed by atoms with Gasteiger partial charge in [0.2, 0.25) is 5.91 Å². The fourth-order valence-electron chi connectivity index (χ4n) is 2.08. The van der Waals surface area contributed by atoms with Gasteiger partial charge in [-0.3, -0.25) is 19.3 Å². The number of hydrogen-bond donors (Lipinski definition) is 2. The Morgan fingerprint density at radius 3 is 2.57 bits per heavy atom. The predicted molar refractivity (Wildman–Crippen MR) is 81.0 cm³/mol. The number of carbonyl (C=O) groups is 4. The minimum Gasteiger partial charge on any atom is -0.479 e. The first-order valence-electron chi connectivity index (χ1n) is 6.53. The van der Waals surface area contributed by atoms with Gasteiger partial charge in [0, 0.05) is 11.6 Å². The molecule has 0 aromatic heterocycles. The largest absolute Gasteiger partial charge is 0.479 e. The molecule has 122 valence electrons. The highest BCUT2D eigenvalue weighted by Crippen LogP contribution is 2.25. The van der Waals surface area contributed by atoms with Crippen molar-refractivity contribution in [2.45, 2.75) is 6.10 Å². The highest BCUT2D eigenvalue weighted by atomic mass is 79.9. The summed E-state index contributed by atoms with van der Waals surface area (Å²) in [6, 6.07) is 4.64. The molecule has 9 heteroatoms. The Bertz CT molecular complexity index is 690. The van der Waals surface area contributed by atoms with Crippen LogP contribution in [0.2, 0.25) is 0 Å². The highest BCUT2D eigenvalue weighted by molar-refractivity contribution is 9.10. The summed E-state index contributed by atoms with van der Waals surface area (Å²) >= 11 is 3.21. The van der Waals surface area contributed by atoms with E-state index in [1.807, 2.05) is 0 Å². The van der Waals surface area contributed by atoms with Gasteiger partial charge in [0.1, 0.15) is 6.54 Å². The molecule has 1 heterocycles. The summed E-state index contributed by atoms with van der Waals surface area (Å²) in [7, 11) is 1.20. The van der Waals surface area contributed by atoms with Crippen molar-refractivity contribution in [1.29, 1.82) is 0 Å². The second-order valence-corrected chi connectivity index (χ2v) is 5.67. The number of carboxylic acid groups (broad SMARTS) is 1. The summed E-state index contributed by atoms with van der Waals surface area (Å²) in [5.74, 6) is -3.00. The van der Waals surface area contributed by atoms with Gasteiger partial charge in [-0.15, -0.1) is 0 Å². The second-order valence-electron chi connectivity index (χ2n) is 4.75. The molecule has 1 unspecified atom stereocenters. The molecule has 0 saturated carbocycles. The number of imide groups is 1. The van der Waals surface area contributed by atoms with Crippen LogP contribution in [0.15, 0.2) is 22.7 Å². The maximum absolute atomic E-state index is 12.2. The molecule has 2 N–H and O–H groups in total. The lowest BCUT2D eigenvalue weighted by atomic mass is 10.1. The number of carbonyl (C=O) groups excluding carboxylic acids is 3. The van der Waals surface area contributed by atoms with Crippen LogP contribution < -0.4 is 5.32 Å². The topological polar surface area (TPSA) is 113 Å². The van der Waals surface area contributed by atoms with Gasteiger partial charge in [-0.2, -0.15) is 0 Å². The van der Waals surface area contributed by atoms with Gasteiger partial charge in [0.15, 0.2) is 6.10 Å². The molecule has 1 aliphatic heterocycles. The number of methoxy groups -OCH3 is 1. The van der Waals surface area contributed by atoms with Gasteiger partial charge in [-0.1, -0.05) is 15.9 Å². The van der Waals surface area contributed by atoms with Crippen molar-refractivity contribution in [3.05, 3.63) is 33.8 Å². The summed E-state index contributed by atoms with van der Waals surface area (Å²) in [5, 5.41) is 11.1. The zero-order valence-corrected chi connectivity index (χ0v) is 13.6. The number of nitrogens with one attached hydrogen (secondary N) is 1. The van der Waals surface area contributed by atoms with Gasteiger partial charge < -0.3 is 15.2 Å². The molecule has 0 saturated heterocycles. The number of hydrogen-bond acceptors (Lipinski definition) is 5. The van der Waals surface area contributed by atoms with E-state index in [1.54, 1.807) is 6.07 Å². The van der Waals surface area contributed by atoms with Crippen LogP contribution in [0.5, 0.6) is 0 Å². The van der Waals surface area contributed by atoms with Crippen molar-refractivity contribution in [3.8, 4) is 0 Å². The van der Waals surface area contributed by atoms with Gasteiger partial charge in [-0.05, 0) is 18.2 Å². The van der Waals surface area contributed by atoms with Gasteiger partial charge in [0.25, 0.3) is 11.8 Å². The molecule has 2 rings (SSSR count). The van der Waals surface area contributed by atoms with E-state index < -0.39 is 36.3 Å². The number of amides is 3. The first-order valence-corrected chi connectivity index (χ1v) is 7.32. The maximum Gasteiger partial charge on any atom is 0.334 e. The molecule has 0 fully saturated rings. The van der Waals surface area contributed by atoms with E-state index in [4.69, 9.17) is 5.11 Å². The fraction of sp³-hybridized carbons (Fsp3) is 0.286. The van der Waals surface area contributed by atoms with Gasteiger partial charge in [0.05, 0.1) is 17.7 Å². The molecule has 0 spiro atoms. The minimum absolute atomic E-state index is 0.220. The van der Waals surface area contributed by atoms with Crippen LogP contribution in [-0.2, 0) is 14.3 Å². The zero-order chi connectivity index (χ0) is 17.1. The maximum atomic E-state index is 12.2. The summed E-state index contributed by atoms with van der Waals surface area (Å²) in [5.41, 5.74) is 0.448. The molecule has 1 atom stereocenters. The summed E-state index contributed by atoms with van der Waals surface area (Å²) < 4.78 is 5.32. The first-order chi connectivity index (χ1) is 10.8. The average Bonchev–Trinajstić information content (AvgIpc) is 2.72. The molecule has 0 aliphatic carbocycles. The molecule has 0 bridgehead atoms. The first kappa shape index (κ1) is 17.1. The Labute approximate surface area is 139 Å². The van der Waals surface area contributed by atoms with Crippen molar-refractivity contribution in [2.24, 2.45) is 0 Å². The number of benzene rings is 1. The number of carboxylic acids is 1. The Morgan fingerprint density at radius 1 is 1.30 bits per heavy atom. The normalized spacial score (nSPS) is 14.6. The van der Waals surface area contributed by atoms with Crippen LogP contribution in [0.3, 0.4) is 0 Å². The molecular formula is C14H13BrN2O6. The number of nitrogens with zero attached hydrogens (tertiary/aromatic N) is 1. The Hall–Kier alpha value is -2.26. The van der Waals surface area contributed by atoms with Crippen LogP contribution in [-0.4, -0.2) is 60.0 Å². The average molecular weight is 385 g/mol. The van der Waals surface area contributed by atoms with Gasteiger partial charge in [-0.25, -0.2) is 4.79 Å². The van der Waals surface area contributed by atoms with E-state index in [1.165, 1.54) is 19.2 Å². The van der Waals surface area contributed by atoms with Crippen molar-refractivity contribution in [1.82, 2.24) is 10.2 Å². The van der Waals surface area contributed by atoms with Crippen LogP contribution >= 0.6 is 15.9 Å².